The molecule has 3 amide bonds. The van der Waals surface area contributed by atoms with E-state index in [1.807, 2.05) is 13.8 Å². The van der Waals surface area contributed by atoms with Crippen molar-refractivity contribution in [2.75, 3.05) is 59.7 Å². The number of hydrogen-bond donors (Lipinski definition) is 1. The van der Waals surface area contributed by atoms with E-state index in [0.29, 0.717) is 64.3 Å². The van der Waals surface area contributed by atoms with E-state index in [-0.39, 0.29) is 42.8 Å². The Morgan fingerprint density at radius 3 is 2.51 bits per heavy atom. The highest BCUT2D eigenvalue weighted by Crippen LogP contribution is 2.27. The number of halogens is 2. The Kier molecular flexibility index (Phi) is 11.0. The lowest BCUT2D eigenvalue weighted by Crippen LogP contribution is -2.58. The first-order chi connectivity index (χ1) is 20.6. The fourth-order valence-corrected chi connectivity index (χ4v) is 5.66. The molecule has 0 aliphatic carbocycles. The van der Waals surface area contributed by atoms with E-state index in [2.05, 4.69) is 10.3 Å². The van der Waals surface area contributed by atoms with Crippen molar-refractivity contribution in [3.63, 3.8) is 0 Å². The summed E-state index contributed by atoms with van der Waals surface area (Å²) >= 11 is 0. The van der Waals surface area contributed by atoms with Crippen LogP contribution in [0.5, 0.6) is 0 Å². The van der Waals surface area contributed by atoms with E-state index >= 15 is 0 Å². The van der Waals surface area contributed by atoms with Crippen LogP contribution in [-0.2, 0) is 20.7 Å². The first kappa shape index (κ1) is 32.3. The molecule has 0 bridgehead atoms. The average Bonchev–Trinajstić information content (AvgIpc) is 3.42. The van der Waals surface area contributed by atoms with Gasteiger partial charge in [0.1, 0.15) is 0 Å². The highest BCUT2D eigenvalue weighted by atomic mass is 19.2. The van der Waals surface area contributed by atoms with E-state index in [0.717, 1.165) is 12.1 Å². The molecule has 0 saturated carbocycles. The summed E-state index contributed by atoms with van der Waals surface area (Å²) in [6.45, 7) is 6.47. The molecule has 1 aromatic heterocycles. The Morgan fingerprint density at radius 2 is 1.86 bits per heavy atom. The minimum atomic E-state index is -1.16. The molecule has 2 saturated heterocycles. The summed E-state index contributed by atoms with van der Waals surface area (Å²) in [5.74, 6) is -3.28. The summed E-state index contributed by atoms with van der Waals surface area (Å²) < 4.78 is 39.7. The lowest BCUT2D eigenvalue weighted by molar-refractivity contribution is -0.142. The number of aromatic nitrogens is 3. The van der Waals surface area contributed by atoms with Crippen molar-refractivity contribution in [2.45, 2.75) is 45.6 Å². The van der Waals surface area contributed by atoms with Crippen LogP contribution in [0.15, 0.2) is 18.2 Å². The highest BCUT2D eigenvalue weighted by Gasteiger charge is 2.41. The molecule has 2 aliphatic rings. The number of hydrogen-bond acceptors (Lipinski definition) is 7. The Hall–Kier alpha value is -3.65. The third-order valence-electron chi connectivity index (χ3n) is 7.76. The van der Waals surface area contributed by atoms with Gasteiger partial charge in [-0.2, -0.15) is 0 Å². The van der Waals surface area contributed by atoms with E-state index in [1.54, 1.807) is 16.9 Å². The number of rotatable bonds is 11. The summed E-state index contributed by atoms with van der Waals surface area (Å²) in [5, 5.41) is 18.3. The Balaban J connectivity index is 1.68. The van der Waals surface area contributed by atoms with Crippen LogP contribution in [0.3, 0.4) is 0 Å². The molecule has 14 heteroatoms. The second-order valence-electron chi connectivity index (χ2n) is 11.4. The lowest BCUT2D eigenvalue weighted by atomic mass is 9.91. The van der Waals surface area contributed by atoms with Gasteiger partial charge in [-0.05, 0) is 43.7 Å². The third kappa shape index (κ3) is 7.85. The SMILES string of the molecule is COCCCCc1c(C(=O)N(CC(C)C)[C@H]2C[C@@H](C(=O)N3CCOCC3)CN(C(=O)O)C2)nnn1-c1ccc(F)c(F)c1. The van der Waals surface area contributed by atoms with Gasteiger partial charge < -0.3 is 29.3 Å². The summed E-state index contributed by atoms with van der Waals surface area (Å²) in [7, 11) is 1.59. The number of carbonyl (C=O) groups excluding carboxylic acids is 2. The van der Waals surface area contributed by atoms with Crippen LogP contribution in [0.2, 0.25) is 0 Å². The van der Waals surface area contributed by atoms with Gasteiger partial charge in [0.25, 0.3) is 5.91 Å². The quantitative estimate of drug-likeness (QED) is 0.387. The van der Waals surface area contributed by atoms with Crippen molar-refractivity contribution >= 4 is 17.9 Å². The molecular formula is C29H40F2N6O6. The summed E-state index contributed by atoms with van der Waals surface area (Å²) in [6.07, 6.45) is 0.783. The second-order valence-corrected chi connectivity index (χ2v) is 11.4. The van der Waals surface area contributed by atoms with Crippen molar-refractivity contribution in [3.8, 4) is 5.69 Å². The largest absolute Gasteiger partial charge is 0.465 e. The molecule has 3 heterocycles. The number of carbonyl (C=O) groups is 3. The highest BCUT2D eigenvalue weighted by molar-refractivity contribution is 5.94. The monoisotopic (exact) mass is 606 g/mol. The van der Waals surface area contributed by atoms with E-state index < -0.39 is 35.6 Å². The minimum absolute atomic E-state index is 0.0175. The number of likely N-dealkylation sites (tertiary alicyclic amines) is 1. The number of nitrogens with zero attached hydrogens (tertiary/aromatic N) is 6. The lowest BCUT2D eigenvalue weighted by Gasteiger charge is -2.43. The van der Waals surface area contributed by atoms with E-state index in [1.165, 1.54) is 15.6 Å². The van der Waals surface area contributed by atoms with Crippen LogP contribution >= 0.6 is 0 Å². The van der Waals surface area contributed by atoms with Gasteiger partial charge in [0.05, 0.1) is 36.6 Å². The Labute approximate surface area is 249 Å². The number of methoxy groups -OCH3 is 1. The van der Waals surface area contributed by atoms with E-state index in [9.17, 15) is 28.3 Å². The average molecular weight is 607 g/mol. The van der Waals surface area contributed by atoms with Gasteiger partial charge in [0, 0.05) is 52.5 Å². The molecule has 43 heavy (non-hydrogen) atoms. The van der Waals surface area contributed by atoms with Crippen LogP contribution in [0.4, 0.5) is 13.6 Å². The van der Waals surface area contributed by atoms with Crippen molar-refractivity contribution < 1.29 is 37.7 Å². The van der Waals surface area contributed by atoms with Crippen LogP contribution in [-0.4, -0.2) is 118 Å². The number of piperidine rings is 1. The van der Waals surface area contributed by atoms with E-state index in [4.69, 9.17) is 9.47 Å². The first-order valence-electron chi connectivity index (χ1n) is 14.6. The molecule has 0 radical (unpaired) electrons. The second kappa shape index (κ2) is 14.7. The molecule has 1 N–H and O–H groups in total. The predicted molar refractivity (Wildman–Crippen MR) is 151 cm³/mol. The predicted octanol–water partition coefficient (Wildman–Crippen LogP) is 2.84. The number of morpholine rings is 1. The van der Waals surface area contributed by atoms with Gasteiger partial charge in [-0.3, -0.25) is 9.59 Å². The fraction of sp³-hybridized carbons (Fsp3) is 0.621. The first-order valence-corrected chi connectivity index (χ1v) is 14.6. The maximum absolute atomic E-state index is 14.3. The Bertz CT molecular complexity index is 1280. The molecule has 2 aliphatic heterocycles. The number of unbranched alkanes of at least 4 members (excludes halogenated alkanes) is 1. The number of ether oxygens (including phenoxy) is 2. The van der Waals surface area contributed by atoms with Crippen LogP contribution in [0, 0.1) is 23.5 Å². The third-order valence-corrected chi connectivity index (χ3v) is 7.76. The zero-order valence-electron chi connectivity index (χ0n) is 24.9. The fourth-order valence-electron chi connectivity index (χ4n) is 5.66. The zero-order chi connectivity index (χ0) is 31.1. The summed E-state index contributed by atoms with van der Waals surface area (Å²) in [4.78, 5) is 44.4. The molecule has 1 aromatic carbocycles. The number of carboxylic acid groups (broad SMARTS) is 1. The number of amides is 3. The van der Waals surface area contributed by atoms with Gasteiger partial charge in [0.2, 0.25) is 5.91 Å². The summed E-state index contributed by atoms with van der Waals surface area (Å²) in [5.41, 5.74) is 0.688. The minimum Gasteiger partial charge on any atom is -0.465 e. The van der Waals surface area contributed by atoms with Gasteiger partial charge in [0.15, 0.2) is 17.3 Å². The molecule has 2 atom stereocenters. The molecular weight excluding hydrogens is 566 g/mol. The molecule has 4 rings (SSSR count). The van der Waals surface area contributed by atoms with Crippen LogP contribution < -0.4 is 0 Å². The van der Waals surface area contributed by atoms with Crippen molar-refractivity contribution in [2.24, 2.45) is 11.8 Å². The zero-order valence-corrected chi connectivity index (χ0v) is 24.9. The topological polar surface area (TPSA) is 130 Å². The normalized spacial score (nSPS) is 19.1. The van der Waals surface area contributed by atoms with Gasteiger partial charge >= 0.3 is 6.09 Å². The summed E-state index contributed by atoms with van der Waals surface area (Å²) in [6, 6.07) is 2.75. The van der Waals surface area contributed by atoms with Crippen molar-refractivity contribution in [3.05, 3.63) is 41.2 Å². The molecule has 2 fully saturated rings. The molecule has 0 spiro atoms. The van der Waals surface area contributed by atoms with Gasteiger partial charge in [-0.25, -0.2) is 18.3 Å². The smallest absolute Gasteiger partial charge is 0.407 e. The van der Waals surface area contributed by atoms with Crippen LogP contribution in [0.25, 0.3) is 5.69 Å². The molecule has 12 nitrogen and oxygen atoms in total. The van der Waals surface area contributed by atoms with Gasteiger partial charge in [-0.15, -0.1) is 5.10 Å². The standard InChI is InChI=1S/C29H40F2N6O6/c1-19(2)16-36(22-14-20(17-35(18-22)29(40)41)27(38)34-9-12-43-13-10-34)28(39)26-25(6-4-5-11-42-3)37(33-32-26)21-7-8-23(30)24(31)15-21/h7-8,15,19-20,22H,4-6,9-14,16-18H2,1-3H3,(H,40,41)/t20-,22+/m1/s1. The molecule has 236 valence electrons. The van der Waals surface area contributed by atoms with Crippen LogP contribution in [0.1, 0.15) is 49.3 Å². The molecule has 0 unspecified atom stereocenters. The van der Waals surface area contributed by atoms with Crippen molar-refractivity contribution in [1.82, 2.24) is 29.7 Å². The maximum Gasteiger partial charge on any atom is 0.407 e. The number of benzene rings is 1. The van der Waals surface area contributed by atoms with Crippen molar-refractivity contribution in [1.29, 1.82) is 0 Å². The molecule has 2 aromatic rings. The van der Waals surface area contributed by atoms with Gasteiger partial charge in [-0.1, -0.05) is 19.1 Å². The maximum atomic E-state index is 14.3. The Morgan fingerprint density at radius 1 is 1.12 bits per heavy atom.